The van der Waals surface area contributed by atoms with Gasteiger partial charge in [-0.15, -0.1) is 0 Å². The lowest BCUT2D eigenvalue weighted by molar-refractivity contribution is 0.0960. The molecule has 2 aliphatic rings. The first-order valence-electron chi connectivity index (χ1n) is 10.2. The summed E-state index contributed by atoms with van der Waals surface area (Å²) in [5.74, 6) is -2.00. The Morgan fingerprint density at radius 1 is 1.09 bits per heavy atom. The number of urea groups is 1. The first kappa shape index (κ1) is 21.3. The Morgan fingerprint density at radius 2 is 1.88 bits per heavy atom. The van der Waals surface area contributed by atoms with Crippen molar-refractivity contribution in [2.45, 2.75) is 18.4 Å². The number of amides is 3. The van der Waals surface area contributed by atoms with Gasteiger partial charge in [-0.3, -0.25) is 9.69 Å². The number of anilines is 2. The summed E-state index contributed by atoms with van der Waals surface area (Å²) in [6.07, 6.45) is -2.62. The van der Waals surface area contributed by atoms with Gasteiger partial charge in [-0.25, -0.2) is 18.0 Å². The van der Waals surface area contributed by atoms with E-state index < -0.39 is 36.1 Å². The van der Waals surface area contributed by atoms with Gasteiger partial charge < -0.3 is 10.6 Å². The van der Waals surface area contributed by atoms with Crippen LogP contribution in [0.25, 0.3) is 0 Å². The molecule has 9 heteroatoms. The van der Waals surface area contributed by atoms with Crippen LogP contribution in [0, 0.1) is 5.82 Å². The predicted octanol–water partition coefficient (Wildman–Crippen LogP) is 5.71. The summed E-state index contributed by atoms with van der Waals surface area (Å²) in [5.41, 5.74) is 2.20. The van der Waals surface area contributed by atoms with Crippen LogP contribution in [-0.4, -0.2) is 24.9 Å². The van der Waals surface area contributed by atoms with Gasteiger partial charge in [-0.2, -0.15) is 0 Å². The van der Waals surface area contributed by atoms with E-state index in [0.29, 0.717) is 33.6 Å². The van der Waals surface area contributed by atoms with E-state index in [2.05, 4.69) is 10.6 Å². The normalized spacial score (nSPS) is 18.8. The van der Waals surface area contributed by atoms with Gasteiger partial charge in [0.2, 0.25) is 6.43 Å². The fourth-order valence-electron chi connectivity index (χ4n) is 4.46. The maximum absolute atomic E-state index is 13.9. The Kier molecular flexibility index (Phi) is 5.25. The van der Waals surface area contributed by atoms with Gasteiger partial charge >= 0.3 is 6.03 Å². The van der Waals surface area contributed by atoms with Crippen LogP contribution >= 0.6 is 11.6 Å². The molecule has 0 unspecified atom stereocenters. The SMILES string of the molecule is O=C1N[C@@H](c2cc(F)ccc2Cl)c2c(NC(=O)N3C[C@H](C(F)F)c4ccccc43)cccc21. The highest BCUT2D eigenvalue weighted by atomic mass is 35.5. The molecule has 5 rings (SSSR count). The molecule has 5 nitrogen and oxygen atoms in total. The molecule has 0 radical (unpaired) electrons. The van der Waals surface area contributed by atoms with Gasteiger partial charge in [-0.05, 0) is 42.0 Å². The van der Waals surface area contributed by atoms with Gasteiger partial charge in [0.1, 0.15) is 5.82 Å². The zero-order valence-electron chi connectivity index (χ0n) is 17.0. The highest BCUT2D eigenvalue weighted by Gasteiger charge is 2.38. The molecule has 2 heterocycles. The highest BCUT2D eigenvalue weighted by Crippen LogP contribution is 2.42. The van der Waals surface area contributed by atoms with Crippen molar-refractivity contribution in [2.24, 2.45) is 0 Å². The summed E-state index contributed by atoms with van der Waals surface area (Å²) >= 11 is 6.27. The third-order valence-corrected chi connectivity index (χ3v) is 6.33. The van der Waals surface area contributed by atoms with Gasteiger partial charge in [-0.1, -0.05) is 35.9 Å². The average molecular weight is 472 g/mol. The van der Waals surface area contributed by atoms with E-state index in [1.54, 1.807) is 42.5 Å². The Hall–Kier alpha value is -3.52. The number of hydrogen-bond donors (Lipinski definition) is 2. The molecule has 0 aliphatic carbocycles. The van der Waals surface area contributed by atoms with Crippen LogP contribution in [0.5, 0.6) is 0 Å². The van der Waals surface area contributed by atoms with Gasteiger partial charge in [0, 0.05) is 39.6 Å². The molecule has 0 spiro atoms. The Morgan fingerprint density at radius 3 is 2.67 bits per heavy atom. The minimum Gasteiger partial charge on any atom is -0.341 e. The lowest BCUT2D eigenvalue weighted by atomic mass is 9.96. The van der Waals surface area contributed by atoms with Crippen LogP contribution in [0.4, 0.5) is 29.3 Å². The van der Waals surface area contributed by atoms with Crippen LogP contribution in [0.2, 0.25) is 5.02 Å². The van der Waals surface area contributed by atoms with Crippen molar-refractivity contribution >= 4 is 34.9 Å². The van der Waals surface area contributed by atoms with E-state index in [9.17, 15) is 22.8 Å². The topological polar surface area (TPSA) is 61.4 Å². The number of hydrogen-bond acceptors (Lipinski definition) is 2. The molecular weight excluding hydrogens is 455 g/mol. The van der Waals surface area contributed by atoms with E-state index in [1.807, 2.05) is 0 Å². The van der Waals surface area contributed by atoms with Crippen molar-refractivity contribution < 1.29 is 22.8 Å². The molecule has 0 bridgehead atoms. The zero-order chi connectivity index (χ0) is 23.3. The summed E-state index contributed by atoms with van der Waals surface area (Å²) in [4.78, 5) is 27.0. The first-order valence-corrected chi connectivity index (χ1v) is 10.6. The molecule has 0 saturated carbocycles. The molecule has 2 N–H and O–H groups in total. The molecule has 3 aromatic carbocycles. The number of benzene rings is 3. The number of halogens is 4. The summed E-state index contributed by atoms with van der Waals surface area (Å²) in [7, 11) is 0. The van der Waals surface area contributed by atoms with Gasteiger partial charge in [0.05, 0.1) is 12.0 Å². The standard InChI is InChI=1S/C24H17ClF3N3O2/c25-17-9-8-12(26)10-15(17)21-20-14(23(32)30-21)5-3-6-18(20)29-24(33)31-11-16(22(27)28)13-4-1-2-7-19(13)31/h1-10,16,21-22H,11H2,(H,29,33)(H,30,32)/t16-,21-/m0/s1. The number of carbonyl (C=O) groups excluding carboxylic acids is 2. The highest BCUT2D eigenvalue weighted by molar-refractivity contribution is 6.31. The minimum absolute atomic E-state index is 0.172. The second-order valence-electron chi connectivity index (χ2n) is 7.88. The number of carbonyl (C=O) groups is 2. The Labute approximate surface area is 192 Å². The minimum atomic E-state index is -2.62. The van der Waals surface area contributed by atoms with E-state index in [-0.39, 0.29) is 11.6 Å². The number of alkyl halides is 2. The van der Waals surface area contributed by atoms with Crippen LogP contribution < -0.4 is 15.5 Å². The second kappa shape index (κ2) is 8.12. The van der Waals surface area contributed by atoms with Crippen molar-refractivity contribution in [3.63, 3.8) is 0 Å². The third kappa shape index (κ3) is 3.60. The summed E-state index contributed by atoms with van der Waals surface area (Å²) < 4.78 is 41.1. The zero-order valence-corrected chi connectivity index (χ0v) is 17.7. The predicted molar refractivity (Wildman–Crippen MR) is 119 cm³/mol. The largest absolute Gasteiger partial charge is 0.341 e. The summed E-state index contributed by atoms with van der Waals surface area (Å²) in [6, 6.07) is 13.8. The fourth-order valence-corrected chi connectivity index (χ4v) is 4.69. The van der Waals surface area contributed by atoms with Crippen LogP contribution in [0.15, 0.2) is 60.7 Å². The van der Waals surface area contributed by atoms with Crippen molar-refractivity contribution in [1.29, 1.82) is 0 Å². The van der Waals surface area contributed by atoms with Crippen molar-refractivity contribution in [3.8, 4) is 0 Å². The number of fused-ring (bicyclic) bond motifs is 2. The second-order valence-corrected chi connectivity index (χ2v) is 8.29. The third-order valence-electron chi connectivity index (χ3n) is 5.98. The van der Waals surface area contributed by atoms with E-state index >= 15 is 0 Å². The number of para-hydroxylation sites is 1. The lowest BCUT2D eigenvalue weighted by Gasteiger charge is -2.22. The van der Waals surface area contributed by atoms with E-state index in [1.165, 1.54) is 23.1 Å². The maximum atomic E-state index is 13.9. The van der Waals surface area contributed by atoms with Crippen LogP contribution in [0.3, 0.4) is 0 Å². The monoisotopic (exact) mass is 471 g/mol. The average Bonchev–Trinajstić information content (AvgIpc) is 3.35. The molecule has 3 amide bonds. The number of nitrogens with one attached hydrogen (secondary N) is 2. The van der Waals surface area contributed by atoms with Gasteiger partial charge in [0.15, 0.2) is 0 Å². The molecule has 0 aromatic heterocycles. The first-order chi connectivity index (χ1) is 15.8. The number of rotatable bonds is 3. The molecular formula is C24H17ClF3N3O2. The van der Waals surface area contributed by atoms with Crippen LogP contribution in [0.1, 0.15) is 39.0 Å². The van der Waals surface area contributed by atoms with Crippen molar-refractivity contribution in [2.75, 3.05) is 16.8 Å². The molecule has 0 fully saturated rings. The Balaban J connectivity index is 1.51. The van der Waals surface area contributed by atoms with E-state index in [0.717, 1.165) is 0 Å². The van der Waals surface area contributed by atoms with E-state index in [4.69, 9.17) is 11.6 Å². The van der Waals surface area contributed by atoms with Crippen LogP contribution in [-0.2, 0) is 0 Å². The molecule has 0 saturated heterocycles. The molecule has 168 valence electrons. The number of nitrogens with zero attached hydrogens (tertiary/aromatic N) is 1. The quantitative estimate of drug-likeness (QED) is 0.514. The summed E-state index contributed by atoms with van der Waals surface area (Å²) in [5, 5.41) is 5.78. The smallest absolute Gasteiger partial charge is 0.326 e. The summed E-state index contributed by atoms with van der Waals surface area (Å²) in [6.45, 7) is -0.172. The van der Waals surface area contributed by atoms with Crippen molar-refractivity contribution in [3.05, 3.63) is 93.8 Å². The molecule has 33 heavy (non-hydrogen) atoms. The molecule has 2 atom stereocenters. The lowest BCUT2D eigenvalue weighted by Crippen LogP contribution is -2.35. The molecule has 2 aliphatic heterocycles. The Bertz CT molecular complexity index is 1280. The maximum Gasteiger partial charge on any atom is 0.326 e. The fraction of sp³-hybridized carbons (Fsp3) is 0.167. The van der Waals surface area contributed by atoms with Crippen molar-refractivity contribution in [1.82, 2.24) is 5.32 Å². The van der Waals surface area contributed by atoms with Gasteiger partial charge in [0.25, 0.3) is 5.91 Å². The molecule has 3 aromatic rings.